The van der Waals surface area contributed by atoms with E-state index in [0.29, 0.717) is 28.6 Å². The second-order valence-electron chi connectivity index (χ2n) is 5.86. The number of carbonyl (C=O) groups excluding carboxylic acids is 2. The number of benzene rings is 2. The lowest BCUT2D eigenvalue weighted by atomic mass is 10.1. The number of rotatable bonds is 5. The van der Waals surface area contributed by atoms with Crippen LogP contribution in [0.4, 0.5) is 11.4 Å². The van der Waals surface area contributed by atoms with Gasteiger partial charge in [-0.3, -0.25) is 9.59 Å². The zero-order valence-corrected chi connectivity index (χ0v) is 14.8. The zero-order valence-electron chi connectivity index (χ0n) is 14.8. The second kappa shape index (κ2) is 7.35. The predicted octanol–water partition coefficient (Wildman–Crippen LogP) is 2.60. The van der Waals surface area contributed by atoms with E-state index >= 15 is 0 Å². The fraction of sp³-hybridized carbons (Fsp3) is 0.263. The van der Waals surface area contributed by atoms with Gasteiger partial charge in [0, 0.05) is 17.3 Å². The summed E-state index contributed by atoms with van der Waals surface area (Å²) in [5.74, 6) is 1.39. The minimum atomic E-state index is -0.537. The lowest BCUT2D eigenvalue weighted by Crippen LogP contribution is -2.34. The molecule has 0 fully saturated rings. The molecule has 2 aromatic carbocycles. The number of hydrogen-bond acceptors (Lipinski definition) is 5. The number of nitrogens with one attached hydrogen (secondary N) is 2. The SMILES string of the molecule is COc1ccc(CC(=O)Nc2ccc3c(c2)NC(=O)C(C)O3)c(OC)c1. The van der Waals surface area contributed by atoms with Crippen LogP contribution < -0.4 is 24.8 Å². The Labute approximate surface area is 151 Å². The van der Waals surface area contributed by atoms with E-state index in [1.807, 2.05) is 0 Å². The van der Waals surface area contributed by atoms with E-state index in [2.05, 4.69) is 10.6 Å². The van der Waals surface area contributed by atoms with Crippen molar-refractivity contribution in [2.45, 2.75) is 19.4 Å². The summed E-state index contributed by atoms with van der Waals surface area (Å²) < 4.78 is 16.0. The van der Waals surface area contributed by atoms with Crippen LogP contribution >= 0.6 is 0 Å². The highest BCUT2D eigenvalue weighted by Gasteiger charge is 2.23. The molecule has 3 rings (SSSR count). The van der Waals surface area contributed by atoms with Gasteiger partial charge in [0.25, 0.3) is 5.91 Å². The molecule has 0 saturated heterocycles. The molecule has 0 saturated carbocycles. The highest BCUT2D eigenvalue weighted by Crippen LogP contribution is 2.32. The standard InChI is InChI=1S/C19H20N2O5/c1-11-19(23)21-15-9-13(5-7-16(15)26-11)20-18(22)8-12-4-6-14(24-2)10-17(12)25-3/h4-7,9-11H,8H2,1-3H3,(H,20,22)(H,21,23). The largest absolute Gasteiger partial charge is 0.497 e. The second-order valence-corrected chi connectivity index (χ2v) is 5.86. The molecule has 136 valence electrons. The predicted molar refractivity (Wildman–Crippen MR) is 97.0 cm³/mol. The minimum absolute atomic E-state index is 0.143. The molecule has 0 aromatic heterocycles. The molecule has 1 atom stereocenters. The van der Waals surface area contributed by atoms with Gasteiger partial charge < -0.3 is 24.8 Å². The fourth-order valence-corrected chi connectivity index (χ4v) is 2.66. The highest BCUT2D eigenvalue weighted by atomic mass is 16.5. The Kier molecular flexibility index (Phi) is 4.97. The quantitative estimate of drug-likeness (QED) is 0.860. The van der Waals surface area contributed by atoms with Crippen LogP contribution in [0.15, 0.2) is 36.4 Å². The zero-order chi connectivity index (χ0) is 18.7. The van der Waals surface area contributed by atoms with Crippen molar-refractivity contribution in [2.24, 2.45) is 0 Å². The van der Waals surface area contributed by atoms with Crippen molar-refractivity contribution < 1.29 is 23.8 Å². The molecule has 0 spiro atoms. The average molecular weight is 356 g/mol. The van der Waals surface area contributed by atoms with Gasteiger partial charge in [-0.15, -0.1) is 0 Å². The molecule has 7 nitrogen and oxygen atoms in total. The van der Waals surface area contributed by atoms with E-state index in [9.17, 15) is 9.59 Å². The van der Waals surface area contributed by atoms with Crippen molar-refractivity contribution in [1.29, 1.82) is 0 Å². The first-order valence-corrected chi connectivity index (χ1v) is 8.12. The van der Waals surface area contributed by atoms with Gasteiger partial charge in [-0.2, -0.15) is 0 Å². The Hall–Kier alpha value is -3.22. The Balaban J connectivity index is 1.71. The minimum Gasteiger partial charge on any atom is -0.497 e. The summed E-state index contributed by atoms with van der Waals surface area (Å²) in [7, 11) is 3.11. The van der Waals surface area contributed by atoms with Crippen molar-refractivity contribution in [1.82, 2.24) is 0 Å². The first-order valence-electron chi connectivity index (χ1n) is 8.12. The summed E-state index contributed by atoms with van der Waals surface area (Å²) in [6.07, 6.45) is -0.394. The van der Waals surface area contributed by atoms with Gasteiger partial charge in [0.15, 0.2) is 6.10 Å². The van der Waals surface area contributed by atoms with Crippen LogP contribution in [0.3, 0.4) is 0 Å². The van der Waals surface area contributed by atoms with Gasteiger partial charge in [0.1, 0.15) is 17.2 Å². The molecule has 2 N–H and O–H groups in total. The summed E-state index contributed by atoms with van der Waals surface area (Å²) in [6.45, 7) is 1.68. The maximum atomic E-state index is 12.4. The molecule has 1 aliphatic rings. The summed E-state index contributed by atoms with van der Waals surface area (Å²) in [6, 6.07) is 10.4. The van der Waals surface area contributed by atoms with E-state index < -0.39 is 6.10 Å². The van der Waals surface area contributed by atoms with E-state index in [1.165, 1.54) is 0 Å². The third-order valence-electron chi connectivity index (χ3n) is 4.04. The van der Waals surface area contributed by atoms with Gasteiger partial charge in [-0.05, 0) is 31.2 Å². The van der Waals surface area contributed by atoms with Gasteiger partial charge >= 0.3 is 0 Å². The molecule has 2 aromatic rings. The molecule has 0 radical (unpaired) electrons. The van der Waals surface area contributed by atoms with Crippen LogP contribution in [0.5, 0.6) is 17.2 Å². The van der Waals surface area contributed by atoms with Crippen molar-refractivity contribution >= 4 is 23.2 Å². The molecule has 1 aliphatic heterocycles. The van der Waals surface area contributed by atoms with Gasteiger partial charge in [0.05, 0.1) is 26.3 Å². The maximum Gasteiger partial charge on any atom is 0.265 e. The Morgan fingerprint density at radius 2 is 2.00 bits per heavy atom. The number of carbonyl (C=O) groups is 2. The van der Waals surface area contributed by atoms with Gasteiger partial charge in [-0.1, -0.05) is 6.07 Å². The first-order chi connectivity index (χ1) is 12.5. The van der Waals surface area contributed by atoms with Crippen LogP contribution in [-0.2, 0) is 16.0 Å². The highest BCUT2D eigenvalue weighted by molar-refractivity contribution is 5.99. The normalized spacial score (nSPS) is 15.3. The van der Waals surface area contributed by atoms with E-state index in [0.717, 1.165) is 5.56 Å². The number of amides is 2. The third kappa shape index (κ3) is 3.72. The fourth-order valence-electron chi connectivity index (χ4n) is 2.66. The Morgan fingerprint density at radius 1 is 1.19 bits per heavy atom. The first kappa shape index (κ1) is 17.6. The molecular formula is C19H20N2O5. The summed E-state index contributed by atoms with van der Waals surface area (Å²) >= 11 is 0. The summed E-state index contributed by atoms with van der Waals surface area (Å²) in [5.41, 5.74) is 1.85. The Morgan fingerprint density at radius 3 is 2.73 bits per heavy atom. The number of fused-ring (bicyclic) bond motifs is 1. The lowest BCUT2D eigenvalue weighted by molar-refractivity contribution is -0.122. The number of ether oxygens (including phenoxy) is 3. The molecular weight excluding hydrogens is 336 g/mol. The third-order valence-corrected chi connectivity index (χ3v) is 4.04. The average Bonchev–Trinajstić information content (AvgIpc) is 2.63. The number of anilines is 2. The van der Waals surface area contributed by atoms with Crippen molar-refractivity contribution in [2.75, 3.05) is 24.9 Å². The molecule has 1 heterocycles. The smallest absolute Gasteiger partial charge is 0.265 e. The molecule has 0 aliphatic carbocycles. The topological polar surface area (TPSA) is 85.9 Å². The Bertz CT molecular complexity index is 850. The monoisotopic (exact) mass is 356 g/mol. The molecule has 1 unspecified atom stereocenters. The summed E-state index contributed by atoms with van der Waals surface area (Å²) in [4.78, 5) is 24.1. The van der Waals surface area contributed by atoms with Crippen molar-refractivity contribution in [3.05, 3.63) is 42.0 Å². The van der Waals surface area contributed by atoms with Crippen molar-refractivity contribution in [3.8, 4) is 17.2 Å². The van der Waals surface area contributed by atoms with E-state index in [1.54, 1.807) is 57.5 Å². The van der Waals surface area contributed by atoms with E-state index in [4.69, 9.17) is 14.2 Å². The maximum absolute atomic E-state index is 12.4. The van der Waals surface area contributed by atoms with Gasteiger partial charge in [-0.25, -0.2) is 0 Å². The molecule has 2 amide bonds. The number of hydrogen-bond donors (Lipinski definition) is 2. The molecule has 26 heavy (non-hydrogen) atoms. The summed E-state index contributed by atoms with van der Waals surface area (Å²) in [5, 5.41) is 5.57. The van der Waals surface area contributed by atoms with Crippen LogP contribution in [0, 0.1) is 0 Å². The van der Waals surface area contributed by atoms with Crippen molar-refractivity contribution in [3.63, 3.8) is 0 Å². The van der Waals surface area contributed by atoms with Crippen LogP contribution in [-0.4, -0.2) is 32.1 Å². The van der Waals surface area contributed by atoms with Crippen LogP contribution in [0.25, 0.3) is 0 Å². The lowest BCUT2D eigenvalue weighted by Gasteiger charge is -2.23. The van der Waals surface area contributed by atoms with E-state index in [-0.39, 0.29) is 18.2 Å². The number of methoxy groups -OCH3 is 2. The van der Waals surface area contributed by atoms with Crippen LogP contribution in [0.2, 0.25) is 0 Å². The van der Waals surface area contributed by atoms with Crippen LogP contribution in [0.1, 0.15) is 12.5 Å². The molecule has 7 heteroatoms. The van der Waals surface area contributed by atoms with Gasteiger partial charge in [0.2, 0.25) is 5.91 Å². The molecule has 0 bridgehead atoms.